The van der Waals surface area contributed by atoms with Crippen LogP contribution in [0.15, 0.2) is 24.3 Å². The molecule has 3 aromatic rings. The fourth-order valence-corrected chi connectivity index (χ4v) is 4.37. The van der Waals surface area contributed by atoms with Crippen LogP contribution in [0, 0.1) is 6.92 Å². The largest absolute Gasteiger partial charge is 0.379 e. The zero-order chi connectivity index (χ0) is 18.8. The van der Waals surface area contributed by atoms with Crippen LogP contribution in [0.1, 0.15) is 26.6 Å². The number of halogens is 1. The lowest BCUT2D eigenvalue weighted by Gasteiger charge is -2.26. The first-order chi connectivity index (χ1) is 13.1. The summed E-state index contributed by atoms with van der Waals surface area (Å²) in [6.07, 6.45) is 0. The van der Waals surface area contributed by atoms with E-state index in [1.54, 1.807) is 11.3 Å². The van der Waals surface area contributed by atoms with Crippen molar-refractivity contribution in [1.82, 2.24) is 20.2 Å². The molecule has 0 saturated carbocycles. The highest BCUT2D eigenvalue weighted by atomic mass is 35.5. The summed E-state index contributed by atoms with van der Waals surface area (Å²) in [5.41, 5.74) is 3.27. The molecular weight excluding hydrogens is 384 g/mol. The molecule has 2 N–H and O–H groups in total. The molecule has 0 bridgehead atoms. The van der Waals surface area contributed by atoms with E-state index in [0.29, 0.717) is 23.8 Å². The second-order valence-electron chi connectivity index (χ2n) is 6.55. The van der Waals surface area contributed by atoms with E-state index in [4.69, 9.17) is 16.3 Å². The molecule has 3 heterocycles. The van der Waals surface area contributed by atoms with Crippen LogP contribution in [-0.4, -0.2) is 47.1 Å². The third-order valence-electron chi connectivity index (χ3n) is 4.66. The molecule has 0 unspecified atom stereocenters. The number of benzene rings is 1. The summed E-state index contributed by atoms with van der Waals surface area (Å²) in [7, 11) is 0. The maximum Gasteiger partial charge on any atom is 0.268 e. The molecule has 0 aliphatic carbocycles. The van der Waals surface area contributed by atoms with Gasteiger partial charge in [0.15, 0.2) is 0 Å². The van der Waals surface area contributed by atoms with Crippen LogP contribution in [0.3, 0.4) is 0 Å². The Kier molecular flexibility index (Phi) is 5.45. The summed E-state index contributed by atoms with van der Waals surface area (Å²) < 4.78 is 6.49. The molecular formula is C19H21ClN4O2S. The number of amides is 1. The van der Waals surface area contributed by atoms with Crippen LogP contribution < -0.4 is 5.32 Å². The number of nitrogens with one attached hydrogen (secondary N) is 2. The van der Waals surface area contributed by atoms with E-state index < -0.39 is 0 Å². The first-order valence-electron chi connectivity index (χ1n) is 8.91. The summed E-state index contributed by atoms with van der Waals surface area (Å²) in [5, 5.41) is 4.62. The van der Waals surface area contributed by atoms with Crippen molar-refractivity contribution in [1.29, 1.82) is 0 Å². The highest BCUT2D eigenvalue weighted by Gasteiger charge is 2.23. The molecule has 1 fully saturated rings. The minimum atomic E-state index is -0.138. The number of ether oxygens (including phenoxy) is 1. The van der Waals surface area contributed by atoms with E-state index in [9.17, 15) is 4.79 Å². The third-order valence-corrected chi connectivity index (χ3v) is 6.06. The topological polar surface area (TPSA) is 70.2 Å². The fourth-order valence-electron chi connectivity index (χ4n) is 3.26. The molecule has 6 nitrogen and oxygen atoms in total. The van der Waals surface area contributed by atoms with Gasteiger partial charge in [0.05, 0.1) is 22.9 Å². The van der Waals surface area contributed by atoms with Crippen LogP contribution in [0.4, 0.5) is 0 Å². The van der Waals surface area contributed by atoms with Crippen molar-refractivity contribution in [3.05, 3.63) is 51.1 Å². The van der Waals surface area contributed by atoms with Gasteiger partial charge in [0.25, 0.3) is 5.91 Å². The summed E-state index contributed by atoms with van der Waals surface area (Å²) >= 11 is 7.81. The molecule has 1 aliphatic heterocycles. The van der Waals surface area contributed by atoms with Gasteiger partial charge >= 0.3 is 0 Å². The Hall–Kier alpha value is -1.93. The highest BCUT2D eigenvalue weighted by molar-refractivity contribution is 7.18. The molecule has 2 aromatic heterocycles. The normalized spacial score (nSPS) is 15.3. The number of nitrogens with zero attached hydrogens (tertiary/aromatic N) is 2. The number of aryl methyl sites for hydroxylation is 1. The number of aromatic nitrogens is 2. The lowest BCUT2D eigenvalue weighted by atomic mass is 10.2. The van der Waals surface area contributed by atoms with Crippen molar-refractivity contribution < 1.29 is 9.53 Å². The van der Waals surface area contributed by atoms with Gasteiger partial charge in [-0.3, -0.25) is 9.69 Å². The minimum Gasteiger partial charge on any atom is -0.379 e. The van der Waals surface area contributed by atoms with Gasteiger partial charge in [-0.05, 0) is 18.6 Å². The van der Waals surface area contributed by atoms with E-state index >= 15 is 0 Å². The summed E-state index contributed by atoms with van der Waals surface area (Å²) in [4.78, 5) is 22.9. The zero-order valence-corrected chi connectivity index (χ0v) is 16.6. The van der Waals surface area contributed by atoms with Gasteiger partial charge in [0, 0.05) is 36.8 Å². The molecule has 142 valence electrons. The van der Waals surface area contributed by atoms with Gasteiger partial charge in [-0.2, -0.15) is 0 Å². The minimum absolute atomic E-state index is 0.138. The van der Waals surface area contributed by atoms with Crippen LogP contribution in [0.5, 0.6) is 0 Å². The first-order valence-corrected chi connectivity index (χ1v) is 10.1. The maximum atomic E-state index is 12.9. The van der Waals surface area contributed by atoms with E-state index in [-0.39, 0.29) is 5.91 Å². The first kappa shape index (κ1) is 18.4. The average Bonchev–Trinajstić information content (AvgIpc) is 3.19. The standard InChI is InChI=1S/C19H21ClN4O2S/c1-12-22-18-17(27-12)14(11-24-6-8-26-9-7-24)16(23-18)19(25)21-10-13-4-2-3-5-15(13)20/h2-5,23H,6-11H2,1H3,(H,21,25). The number of hydrogen-bond acceptors (Lipinski definition) is 5. The average molecular weight is 405 g/mol. The molecule has 0 spiro atoms. The number of H-pyrrole nitrogens is 1. The predicted molar refractivity (Wildman–Crippen MR) is 107 cm³/mol. The monoisotopic (exact) mass is 404 g/mol. The second kappa shape index (κ2) is 7.98. The van der Waals surface area contributed by atoms with E-state index in [2.05, 4.69) is 20.2 Å². The maximum absolute atomic E-state index is 12.9. The van der Waals surface area contributed by atoms with E-state index in [1.807, 2.05) is 31.2 Å². The van der Waals surface area contributed by atoms with Gasteiger partial charge in [-0.15, -0.1) is 11.3 Å². The van der Waals surface area contributed by atoms with Crippen molar-refractivity contribution in [3.63, 3.8) is 0 Å². The number of hydrogen-bond donors (Lipinski definition) is 2. The number of carbonyl (C=O) groups excluding carboxylic acids is 1. The Morgan fingerprint density at radius 3 is 2.93 bits per heavy atom. The molecule has 1 aliphatic rings. The van der Waals surface area contributed by atoms with Crippen molar-refractivity contribution in [2.45, 2.75) is 20.0 Å². The van der Waals surface area contributed by atoms with Crippen LogP contribution in [0.2, 0.25) is 5.02 Å². The van der Waals surface area contributed by atoms with Crippen molar-refractivity contribution >= 4 is 39.2 Å². The molecule has 1 saturated heterocycles. The Morgan fingerprint density at radius 2 is 2.15 bits per heavy atom. The molecule has 0 radical (unpaired) electrons. The van der Waals surface area contributed by atoms with Gasteiger partial charge < -0.3 is 15.0 Å². The molecule has 1 aromatic carbocycles. The van der Waals surface area contributed by atoms with Gasteiger partial charge in [-0.1, -0.05) is 29.8 Å². The fraction of sp³-hybridized carbons (Fsp3) is 0.368. The summed E-state index contributed by atoms with van der Waals surface area (Å²) in [5.74, 6) is -0.138. The molecule has 27 heavy (non-hydrogen) atoms. The smallest absolute Gasteiger partial charge is 0.268 e. The van der Waals surface area contributed by atoms with Crippen LogP contribution in [0.25, 0.3) is 10.3 Å². The molecule has 0 atom stereocenters. The predicted octanol–water partition coefficient (Wildman–Crippen LogP) is 3.35. The Bertz CT molecular complexity index is 962. The Morgan fingerprint density at radius 1 is 1.37 bits per heavy atom. The van der Waals surface area contributed by atoms with Crippen molar-refractivity contribution in [3.8, 4) is 0 Å². The number of morpholine rings is 1. The van der Waals surface area contributed by atoms with Gasteiger partial charge in [0.2, 0.25) is 0 Å². The quantitative estimate of drug-likeness (QED) is 0.684. The van der Waals surface area contributed by atoms with E-state index in [1.165, 1.54) is 0 Å². The highest BCUT2D eigenvalue weighted by Crippen LogP contribution is 2.29. The number of carbonyl (C=O) groups is 1. The SMILES string of the molecule is Cc1nc2[nH]c(C(=O)NCc3ccccc3Cl)c(CN3CCOCC3)c2s1. The molecule has 4 rings (SSSR count). The lowest BCUT2D eigenvalue weighted by molar-refractivity contribution is 0.0342. The van der Waals surface area contributed by atoms with Gasteiger partial charge in [0.1, 0.15) is 11.3 Å². The lowest BCUT2D eigenvalue weighted by Crippen LogP contribution is -2.36. The van der Waals surface area contributed by atoms with Crippen LogP contribution >= 0.6 is 22.9 Å². The number of rotatable bonds is 5. The van der Waals surface area contributed by atoms with Crippen molar-refractivity contribution in [2.24, 2.45) is 0 Å². The second-order valence-corrected chi connectivity index (χ2v) is 8.16. The van der Waals surface area contributed by atoms with Crippen molar-refractivity contribution in [2.75, 3.05) is 26.3 Å². The zero-order valence-electron chi connectivity index (χ0n) is 15.0. The third kappa shape index (κ3) is 4.01. The number of thiazole rings is 1. The molecule has 1 amide bonds. The Labute approximate surface area is 166 Å². The number of aromatic amines is 1. The Balaban J connectivity index is 1.57. The number of fused-ring (bicyclic) bond motifs is 1. The molecule has 8 heteroatoms. The van der Waals surface area contributed by atoms with Crippen LogP contribution in [-0.2, 0) is 17.8 Å². The van der Waals surface area contributed by atoms with Gasteiger partial charge in [-0.25, -0.2) is 4.98 Å². The van der Waals surface area contributed by atoms with E-state index in [0.717, 1.165) is 52.8 Å². The summed E-state index contributed by atoms with van der Waals surface area (Å²) in [6, 6.07) is 7.52. The summed E-state index contributed by atoms with van der Waals surface area (Å²) in [6.45, 7) is 6.26.